The molecule has 26 heavy (non-hydrogen) atoms. The van der Waals surface area contributed by atoms with Gasteiger partial charge in [0.05, 0.1) is 11.8 Å². The highest BCUT2D eigenvalue weighted by Crippen LogP contribution is 2.30. The van der Waals surface area contributed by atoms with Crippen LogP contribution < -0.4 is 14.8 Å². The van der Waals surface area contributed by atoms with Crippen molar-refractivity contribution in [3.05, 3.63) is 33.4 Å². The number of esters is 1. The second-order valence-corrected chi connectivity index (χ2v) is 8.27. The van der Waals surface area contributed by atoms with E-state index >= 15 is 0 Å². The predicted molar refractivity (Wildman–Crippen MR) is 96.0 cm³/mol. The van der Waals surface area contributed by atoms with Gasteiger partial charge < -0.3 is 4.74 Å². The molecule has 1 aromatic heterocycles. The number of thiazole rings is 1. The Morgan fingerprint density at radius 2 is 2.00 bits per heavy atom. The number of aromatic nitrogens is 1. The SMILES string of the molecule is CC(=O)Oc1cc(C)c(Cl)cc1C(=O)Nc1nc(NS(C)(=O)=O)c(F)s1. The molecule has 0 aliphatic rings. The Kier molecular flexibility index (Phi) is 5.84. The fourth-order valence-corrected chi connectivity index (χ4v) is 3.19. The van der Waals surface area contributed by atoms with E-state index in [-0.39, 0.29) is 21.5 Å². The summed E-state index contributed by atoms with van der Waals surface area (Å²) in [4.78, 5) is 27.3. The van der Waals surface area contributed by atoms with Crippen molar-refractivity contribution in [3.8, 4) is 5.75 Å². The lowest BCUT2D eigenvalue weighted by atomic mass is 10.1. The monoisotopic (exact) mass is 421 g/mol. The molecule has 8 nitrogen and oxygen atoms in total. The Labute approximate surface area is 157 Å². The van der Waals surface area contributed by atoms with Crippen LogP contribution >= 0.6 is 22.9 Å². The first-order chi connectivity index (χ1) is 12.0. The lowest BCUT2D eigenvalue weighted by molar-refractivity contribution is -0.131. The van der Waals surface area contributed by atoms with Crippen LogP contribution in [0.25, 0.3) is 0 Å². The summed E-state index contributed by atoms with van der Waals surface area (Å²) in [6, 6.07) is 2.71. The number of rotatable bonds is 5. The minimum absolute atomic E-state index is 0.0246. The highest BCUT2D eigenvalue weighted by molar-refractivity contribution is 7.92. The van der Waals surface area contributed by atoms with Gasteiger partial charge in [0.1, 0.15) is 5.75 Å². The zero-order chi connectivity index (χ0) is 19.6. The molecule has 0 aliphatic carbocycles. The number of carbonyl (C=O) groups is 2. The summed E-state index contributed by atoms with van der Waals surface area (Å²) in [6.07, 6.45) is 0.837. The quantitative estimate of drug-likeness (QED) is 0.566. The average molecular weight is 422 g/mol. The minimum atomic E-state index is -3.73. The van der Waals surface area contributed by atoms with Crippen molar-refractivity contribution >= 4 is 55.8 Å². The first-order valence-electron chi connectivity index (χ1n) is 6.90. The van der Waals surface area contributed by atoms with Gasteiger partial charge in [-0.2, -0.15) is 9.37 Å². The van der Waals surface area contributed by atoms with E-state index < -0.39 is 32.8 Å². The van der Waals surface area contributed by atoms with E-state index in [2.05, 4.69) is 10.3 Å². The molecule has 0 fully saturated rings. The molecular formula is C14H13ClFN3O5S2. The molecule has 2 rings (SSSR count). The molecule has 1 aromatic carbocycles. The number of sulfonamides is 1. The standard InChI is InChI=1S/C14H13ClFN3O5S2/c1-6-4-10(24-7(2)20)8(5-9(6)15)13(21)18-14-17-12(11(16)25-14)19-26(3,22)23/h4-5,19H,1-3H3,(H,17,18,21). The van der Waals surface area contributed by atoms with Crippen molar-refractivity contribution < 1.29 is 27.1 Å². The van der Waals surface area contributed by atoms with Gasteiger partial charge >= 0.3 is 5.97 Å². The molecule has 0 atom stereocenters. The minimum Gasteiger partial charge on any atom is -0.426 e. The van der Waals surface area contributed by atoms with Crippen LogP contribution in [0, 0.1) is 12.1 Å². The number of carbonyl (C=O) groups excluding carboxylic acids is 2. The Morgan fingerprint density at radius 3 is 2.58 bits per heavy atom. The maximum atomic E-state index is 13.7. The van der Waals surface area contributed by atoms with E-state index in [0.29, 0.717) is 16.9 Å². The van der Waals surface area contributed by atoms with Gasteiger partial charge in [0.15, 0.2) is 10.9 Å². The van der Waals surface area contributed by atoms with Gasteiger partial charge in [-0.1, -0.05) is 22.9 Å². The smallest absolute Gasteiger partial charge is 0.308 e. The van der Waals surface area contributed by atoms with Crippen molar-refractivity contribution in [1.82, 2.24) is 4.98 Å². The molecule has 140 valence electrons. The van der Waals surface area contributed by atoms with Crippen LogP contribution in [0.5, 0.6) is 5.75 Å². The summed E-state index contributed by atoms with van der Waals surface area (Å²) in [7, 11) is -3.73. The van der Waals surface area contributed by atoms with E-state index in [0.717, 1.165) is 6.26 Å². The number of halogens is 2. The number of nitrogens with one attached hydrogen (secondary N) is 2. The number of hydrogen-bond donors (Lipinski definition) is 2. The van der Waals surface area contributed by atoms with Crippen molar-refractivity contribution in [2.24, 2.45) is 0 Å². The van der Waals surface area contributed by atoms with Crippen molar-refractivity contribution in [2.45, 2.75) is 13.8 Å². The van der Waals surface area contributed by atoms with Gasteiger partial charge in [0.25, 0.3) is 5.91 Å². The van der Waals surface area contributed by atoms with Crippen molar-refractivity contribution in [1.29, 1.82) is 0 Å². The summed E-state index contributed by atoms with van der Waals surface area (Å²) in [6.45, 7) is 2.83. The van der Waals surface area contributed by atoms with Gasteiger partial charge in [0.2, 0.25) is 15.2 Å². The molecule has 2 aromatic rings. The molecule has 0 spiro atoms. The lowest BCUT2D eigenvalue weighted by Gasteiger charge is -2.10. The molecule has 1 amide bonds. The van der Waals surface area contributed by atoms with Crippen LogP contribution in [0.3, 0.4) is 0 Å². The first-order valence-corrected chi connectivity index (χ1v) is 9.99. The highest BCUT2D eigenvalue weighted by atomic mass is 35.5. The number of hydrogen-bond acceptors (Lipinski definition) is 7. The summed E-state index contributed by atoms with van der Waals surface area (Å²) >= 11 is 6.43. The van der Waals surface area contributed by atoms with E-state index in [9.17, 15) is 22.4 Å². The number of ether oxygens (including phenoxy) is 1. The molecule has 0 aliphatic heterocycles. The van der Waals surface area contributed by atoms with Gasteiger partial charge in [-0.15, -0.1) is 0 Å². The lowest BCUT2D eigenvalue weighted by Crippen LogP contribution is -2.15. The summed E-state index contributed by atoms with van der Waals surface area (Å²) < 4.78 is 43.0. The summed E-state index contributed by atoms with van der Waals surface area (Å²) in [5.41, 5.74) is 0.517. The van der Waals surface area contributed by atoms with Crippen LogP contribution in [0.2, 0.25) is 5.02 Å². The Hall–Kier alpha value is -2.24. The maximum absolute atomic E-state index is 13.7. The number of nitrogens with zero attached hydrogens (tertiary/aromatic N) is 1. The fourth-order valence-electron chi connectivity index (χ4n) is 1.83. The van der Waals surface area contributed by atoms with E-state index in [1.54, 1.807) is 6.92 Å². The van der Waals surface area contributed by atoms with Crippen LogP contribution in [-0.4, -0.2) is 31.5 Å². The van der Waals surface area contributed by atoms with Crippen LogP contribution in [-0.2, 0) is 14.8 Å². The molecule has 0 saturated heterocycles. The summed E-state index contributed by atoms with van der Waals surface area (Å²) in [5.74, 6) is -1.96. The molecule has 0 bridgehead atoms. The number of amides is 1. The molecule has 0 unspecified atom stereocenters. The molecular weight excluding hydrogens is 409 g/mol. The Balaban J connectivity index is 2.32. The van der Waals surface area contributed by atoms with Gasteiger partial charge in [-0.05, 0) is 24.6 Å². The Morgan fingerprint density at radius 1 is 1.35 bits per heavy atom. The molecule has 0 saturated carbocycles. The second-order valence-electron chi connectivity index (χ2n) is 5.16. The average Bonchev–Trinajstić information content (AvgIpc) is 2.79. The van der Waals surface area contributed by atoms with E-state index in [1.807, 2.05) is 4.72 Å². The second kappa shape index (κ2) is 7.56. The topological polar surface area (TPSA) is 114 Å². The fraction of sp³-hybridized carbons (Fsp3) is 0.214. The van der Waals surface area contributed by atoms with E-state index in [4.69, 9.17) is 16.3 Å². The maximum Gasteiger partial charge on any atom is 0.308 e. The molecule has 0 radical (unpaired) electrons. The van der Waals surface area contributed by atoms with Gasteiger partial charge in [-0.25, -0.2) is 8.42 Å². The predicted octanol–water partition coefficient (Wildman–Crippen LogP) is 2.79. The number of benzene rings is 1. The van der Waals surface area contributed by atoms with Crippen LogP contribution in [0.1, 0.15) is 22.8 Å². The zero-order valence-corrected chi connectivity index (χ0v) is 16.1. The number of aryl methyl sites for hydroxylation is 1. The van der Waals surface area contributed by atoms with E-state index in [1.165, 1.54) is 19.1 Å². The van der Waals surface area contributed by atoms with Crippen molar-refractivity contribution in [2.75, 3.05) is 16.3 Å². The van der Waals surface area contributed by atoms with Gasteiger partial charge in [0, 0.05) is 11.9 Å². The Bertz CT molecular complexity index is 991. The largest absolute Gasteiger partial charge is 0.426 e. The normalized spacial score (nSPS) is 11.1. The third kappa shape index (κ3) is 5.13. The van der Waals surface area contributed by atoms with Crippen LogP contribution in [0.4, 0.5) is 15.3 Å². The number of anilines is 2. The van der Waals surface area contributed by atoms with Gasteiger partial charge in [-0.3, -0.25) is 19.6 Å². The first kappa shape index (κ1) is 20.1. The van der Waals surface area contributed by atoms with Crippen molar-refractivity contribution in [3.63, 3.8) is 0 Å². The molecule has 12 heteroatoms. The highest BCUT2D eigenvalue weighted by Gasteiger charge is 2.20. The molecule has 1 heterocycles. The zero-order valence-electron chi connectivity index (χ0n) is 13.7. The molecule has 2 N–H and O–H groups in total. The third-order valence-electron chi connectivity index (χ3n) is 2.85. The van der Waals surface area contributed by atoms with Crippen LogP contribution in [0.15, 0.2) is 12.1 Å². The summed E-state index contributed by atoms with van der Waals surface area (Å²) in [5, 5.41) is 1.46. The third-order valence-corrected chi connectivity index (χ3v) is 4.58.